The third-order valence-corrected chi connectivity index (χ3v) is 3.91. The molecule has 0 heterocycles. The maximum Gasteiger partial charge on any atom is 0.323 e. The van der Waals surface area contributed by atoms with E-state index in [2.05, 4.69) is 5.09 Å². The van der Waals surface area contributed by atoms with Crippen molar-refractivity contribution in [3.63, 3.8) is 0 Å². The van der Waals surface area contributed by atoms with E-state index >= 15 is 0 Å². The maximum absolute atomic E-state index is 11.7. The largest absolute Gasteiger partial charge is 0.462 e. The highest BCUT2D eigenvalue weighted by molar-refractivity contribution is 7.44. The summed E-state index contributed by atoms with van der Waals surface area (Å²) in [6.45, 7) is 5.18. The van der Waals surface area contributed by atoms with Crippen molar-refractivity contribution in [2.24, 2.45) is 0 Å². The Bertz CT molecular complexity index is 647. The lowest BCUT2D eigenvalue weighted by Crippen LogP contribution is -2.34. The highest BCUT2D eigenvalue weighted by atomic mass is 31.2. The molecule has 2 N–H and O–H groups in total. The Balaban J connectivity index is 1.95. The van der Waals surface area contributed by atoms with E-state index in [1.54, 1.807) is 26.8 Å². The van der Waals surface area contributed by atoms with Gasteiger partial charge in [-0.05, 0) is 43.7 Å². The Morgan fingerprint density at radius 3 is 2.50 bits per heavy atom. The van der Waals surface area contributed by atoms with Crippen molar-refractivity contribution in [2.75, 3.05) is 0 Å². The molecule has 22 heavy (non-hydrogen) atoms. The Labute approximate surface area is 131 Å². The van der Waals surface area contributed by atoms with Crippen molar-refractivity contribution in [1.82, 2.24) is 5.09 Å². The van der Waals surface area contributed by atoms with Crippen LogP contribution in [0.25, 0.3) is 10.8 Å². The minimum Gasteiger partial charge on any atom is -0.462 e. The van der Waals surface area contributed by atoms with Crippen LogP contribution in [0.5, 0.6) is 5.75 Å². The number of hydrogen-bond donors (Lipinski definition) is 2. The lowest BCUT2D eigenvalue weighted by atomic mass is 10.1. The zero-order valence-electron chi connectivity index (χ0n) is 12.8. The molecule has 0 aliphatic rings. The van der Waals surface area contributed by atoms with Crippen molar-refractivity contribution < 1.29 is 18.9 Å². The van der Waals surface area contributed by atoms with Gasteiger partial charge in [0.25, 0.3) is 0 Å². The first-order valence-corrected chi connectivity index (χ1v) is 8.29. The van der Waals surface area contributed by atoms with Crippen molar-refractivity contribution in [3.05, 3.63) is 42.5 Å². The molecule has 2 rings (SSSR count). The van der Waals surface area contributed by atoms with Gasteiger partial charge in [0.2, 0.25) is 0 Å². The molecule has 0 aliphatic heterocycles. The van der Waals surface area contributed by atoms with E-state index in [0.29, 0.717) is 5.75 Å². The van der Waals surface area contributed by atoms with E-state index in [9.17, 15) is 9.69 Å². The van der Waals surface area contributed by atoms with Crippen LogP contribution < -0.4 is 9.61 Å². The Kier molecular flexibility index (Phi) is 5.72. The first kappa shape index (κ1) is 16.7. The Morgan fingerprint density at radius 2 is 1.82 bits per heavy atom. The minimum atomic E-state index is -1.96. The van der Waals surface area contributed by atoms with E-state index in [-0.39, 0.29) is 6.10 Å². The average Bonchev–Trinajstić information content (AvgIpc) is 2.46. The molecule has 6 heteroatoms. The van der Waals surface area contributed by atoms with Crippen LogP contribution in [0.4, 0.5) is 0 Å². The number of esters is 1. The average molecular weight is 321 g/mol. The summed E-state index contributed by atoms with van der Waals surface area (Å²) in [5.41, 5.74) is 0. The van der Waals surface area contributed by atoms with Crippen LogP contribution in [0.2, 0.25) is 0 Å². The molecular formula is C16H20NO4P. The quantitative estimate of drug-likeness (QED) is 0.631. The van der Waals surface area contributed by atoms with Crippen LogP contribution in [-0.4, -0.2) is 23.0 Å². The molecular weight excluding hydrogens is 301 g/mol. The van der Waals surface area contributed by atoms with Crippen molar-refractivity contribution >= 4 is 25.3 Å². The standard InChI is InChI=1S/C16H20NO4P/c1-11(2)20-16(18)12(3)17-22(19)21-15-9-8-13-6-4-5-7-14(13)10-15/h4-12,17,19H,1-3H3/t12-,22?/m0/s1. The summed E-state index contributed by atoms with van der Waals surface area (Å²) in [6, 6.07) is 12.8. The van der Waals surface area contributed by atoms with Crippen molar-refractivity contribution in [2.45, 2.75) is 32.9 Å². The topological polar surface area (TPSA) is 67.8 Å². The van der Waals surface area contributed by atoms with E-state index in [1.165, 1.54) is 0 Å². The zero-order valence-corrected chi connectivity index (χ0v) is 13.7. The number of carbonyl (C=O) groups is 1. The van der Waals surface area contributed by atoms with Crippen LogP contribution >= 0.6 is 8.53 Å². The van der Waals surface area contributed by atoms with Crippen molar-refractivity contribution in [1.29, 1.82) is 0 Å². The van der Waals surface area contributed by atoms with Crippen LogP contribution in [0.15, 0.2) is 42.5 Å². The van der Waals surface area contributed by atoms with Gasteiger partial charge < -0.3 is 14.2 Å². The number of benzene rings is 2. The molecule has 0 bridgehead atoms. The molecule has 0 aromatic heterocycles. The van der Waals surface area contributed by atoms with Crippen LogP contribution in [-0.2, 0) is 9.53 Å². The van der Waals surface area contributed by atoms with Gasteiger partial charge >= 0.3 is 14.5 Å². The van der Waals surface area contributed by atoms with Crippen LogP contribution in [0, 0.1) is 0 Å². The third-order valence-electron chi connectivity index (χ3n) is 2.92. The summed E-state index contributed by atoms with van der Waals surface area (Å²) >= 11 is 0. The highest BCUT2D eigenvalue weighted by Gasteiger charge is 2.20. The first-order chi connectivity index (χ1) is 10.5. The molecule has 118 valence electrons. The van der Waals surface area contributed by atoms with Gasteiger partial charge in [-0.3, -0.25) is 4.79 Å². The number of fused-ring (bicyclic) bond motifs is 1. The summed E-state index contributed by atoms with van der Waals surface area (Å²) in [4.78, 5) is 21.6. The Morgan fingerprint density at radius 1 is 1.14 bits per heavy atom. The van der Waals surface area contributed by atoms with Gasteiger partial charge in [-0.25, -0.2) is 5.09 Å². The second kappa shape index (κ2) is 7.54. The van der Waals surface area contributed by atoms with Crippen molar-refractivity contribution in [3.8, 4) is 5.75 Å². The van der Waals surface area contributed by atoms with Gasteiger partial charge in [0.1, 0.15) is 11.8 Å². The van der Waals surface area contributed by atoms with Gasteiger partial charge in [0.15, 0.2) is 0 Å². The number of nitrogens with one attached hydrogen (secondary N) is 1. The SMILES string of the molecule is CC(C)OC(=O)[C@H](C)NP(O)Oc1ccc2ccccc2c1. The molecule has 0 amide bonds. The molecule has 1 unspecified atom stereocenters. The summed E-state index contributed by atoms with van der Waals surface area (Å²) in [6.07, 6.45) is -0.192. The summed E-state index contributed by atoms with van der Waals surface area (Å²) in [5.74, 6) is 0.128. The van der Waals surface area contributed by atoms with Gasteiger partial charge in [-0.15, -0.1) is 0 Å². The number of carbonyl (C=O) groups excluding carboxylic acids is 1. The van der Waals surface area contributed by atoms with Gasteiger partial charge in [0, 0.05) is 0 Å². The summed E-state index contributed by atoms with van der Waals surface area (Å²) < 4.78 is 10.5. The summed E-state index contributed by atoms with van der Waals surface area (Å²) in [5, 5.41) is 4.83. The molecule has 2 aromatic carbocycles. The molecule has 2 aromatic rings. The van der Waals surface area contributed by atoms with Gasteiger partial charge in [-0.1, -0.05) is 30.3 Å². The van der Waals surface area contributed by atoms with Gasteiger partial charge in [-0.2, -0.15) is 0 Å². The molecule has 5 nitrogen and oxygen atoms in total. The predicted molar refractivity (Wildman–Crippen MR) is 87.5 cm³/mol. The third kappa shape index (κ3) is 4.67. The fraction of sp³-hybridized carbons (Fsp3) is 0.312. The summed E-state index contributed by atoms with van der Waals surface area (Å²) in [7, 11) is -1.96. The normalized spacial score (nSPS) is 13.9. The number of hydrogen-bond acceptors (Lipinski definition) is 5. The maximum atomic E-state index is 11.7. The fourth-order valence-corrected chi connectivity index (χ4v) is 2.71. The predicted octanol–water partition coefficient (Wildman–Crippen LogP) is 3.37. The van der Waals surface area contributed by atoms with Gasteiger partial charge in [0.05, 0.1) is 6.10 Å². The van der Waals surface area contributed by atoms with E-state index in [0.717, 1.165) is 10.8 Å². The number of rotatable bonds is 6. The second-order valence-electron chi connectivity index (χ2n) is 5.21. The molecule has 2 atom stereocenters. The van der Waals surface area contributed by atoms with E-state index in [4.69, 9.17) is 9.26 Å². The van der Waals surface area contributed by atoms with Crippen LogP contribution in [0.1, 0.15) is 20.8 Å². The molecule has 0 radical (unpaired) electrons. The molecule has 0 spiro atoms. The first-order valence-electron chi connectivity index (χ1n) is 7.08. The lowest BCUT2D eigenvalue weighted by molar-refractivity contribution is -0.149. The number of ether oxygens (including phenoxy) is 1. The fourth-order valence-electron chi connectivity index (χ4n) is 1.90. The lowest BCUT2D eigenvalue weighted by Gasteiger charge is -2.18. The minimum absolute atomic E-state index is 0.192. The van der Waals surface area contributed by atoms with Crippen LogP contribution in [0.3, 0.4) is 0 Å². The zero-order chi connectivity index (χ0) is 16.1. The van der Waals surface area contributed by atoms with E-state index in [1.807, 2.05) is 36.4 Å². The molecule has 0 aliphatic carbocycles. The monoisotopic (exact) mass is 321 g/mol. The molecule has 0 fully saturated rings. The molecule has 0 saturated carbocycles. The Hall–Kier alpha value is -1.68. The smallest absolute Gasteiger partial charge is 0.323 e. The second-order valence-corrected chi connectivity index (χ2v) is 6.20. The highest BCUT2D eigenvalue weighted by Crippen LogP contribution is 2.32. The van der Waals surface area contributed by atoms with E-state index < -0.39 is 20.5 Å². The molecule has 0 saturated heterocycles.